The van der Waals surface area contributed by atoms with Crippen molar-refractivity contribution < 1.29 is 9.90 Å². The van der Waals surface area contributed by atoms with Crippen LogP contribution in [0.25, 0.3) is 6.08 Å². The van der Waals surface area contributed by atoms with Crippen LogP contribution in [-0.4, -0.2) is 21.3 Å². The number of nitrogens with zero attached hydrogens (tertiary/aromatic N) is 1. The summed E-state index contributed by atoms with van der Waals surface area (Å²) < 4.78 is 0.753. The smallest absolute Gasteiger partial charge is 0.331 e. The third-order valence-electron chi connectivity index (χ3n) is 1.32. The standard InChI is InChI=1S/C7H7BrN2O2/c1-4(7(11)12)2-6-5(8)3-9-10-6/h2-3H,1H3,(H,9,10)(H,11,12)/b4-2+. The molecule has 0 aliphatic carbocycles. The zero-order valence-electron chi connectivity index (χ0n) is 6.34. The van der Waals surface area contributed by atoms with Gasteiger partial charge in [-0.25, -0.2) is 4.79 Å². The molecule has 0 aliphatic heterocycles. The van der Waals surface area contributed by atoms with Crippen LogP contribution in [0.3, 0.4) is 0 Å². The van der Waals surface area contributed by atoms with Gasteiger partial charge < -0.3 is 5.11 Å². The molecule has 4 nitrogen and oxygen atoms in total. The van der Waals surface area contributed by atoms with Gasteiger partial charge in [0.25, 0.3) is 0 Å². The summed E-state index contributed by atoms with van der Waals surface area (Å²) in [4.78, 5) is 10.4. The third kappa shape index (κ3) is 1.94. The molecule has 0 amide bonds. The number of rotatable bonds is 2. The number of hydrogen-bond acceptors (Lipinski definition) is 2. The molecule has 1 aromatic rings. The number of hydrogen-bond donors (Lipinski definition) is 2. The molecule has 0 radical (unpaired) electrons. The van der Waals surface area contributed by atoms with Gasteiger partial charge in [0, 0.05) is 5.57 Å². The van der Waals surface area contributed by atoms with E-state index in [9.17, 15) is 4.79 Å². The molecule has 1 aromatic heterocycles. The highest BCUT2D eigenvalue weighted by molar-refractivity contribution is 9.10. The second kappa shape index (κ2) is 3.53. The zero-order chi connectivity index (χ0) is 9.14. The SMILES string of the molecule is C/C(=C\c1[nH]ncc1Br)C(=O)O. The number of carboxylic acid groups (broad SMARTS) is 1. The Bertz CT molecular complexity index is 330. The monoisotopic (exact) mass is 230 g/mol. The van der Waals surface area contributed by atoms with Gasteiger partial charge in [0.2, 0.25) is 0 Å². The first-order valence-corrected chi connectivity index (χ1v) is 4.01. The first-order valence-electron chi connectivity index (χ1n) is 3.21. The number of carbonyl (C=O) groups is 1. The van der Waals surface area contributed by atoms with Crippen LogP contribution in [0.1, 0.15) is 12.6 Å². The van der Waals surface area contributed by atoms with Gasteiger partial charge in [0.15, 0.2) is 0 Å². The lowest BCUT2D eigenvalue weighted by Crippen LogP contribution is -1.95. The van der Waals surface area contributed by atoms with E-state index in [1.165, 1.54) is 13.0 Å². The Hall–Kier alpha value is -1.10. The molecule has 64 valence electrons. The van der Waals surface area contributed by atoms with Crippen molar-refractivity contribution in [1.82, 2.24) is 10.2 Å². The Morgan fingerprint density at radius 2 is 2.50 bits per heavy atom. The maximum absolute atomic E-state index is 10.4. The molecule has 0 bridgehead atoms. The maximum Gasteiger partial charge on any atom is 0.331 e. The van der Waals surface area contributed by atoms with Gasteiger partial charge in [-0.2, -0.15) is 5.10 Å². The summed E-state index contributed by atoms with van der Waals surface area (Å²) in [5.41, 5.74) is 0.926. The second-order valence-corrected chi connectivity index (χ2v) is 3.12. The van der Waals surface area contributed by atoms with Crippen molar-refractivity contribution in [3.8, 4) is 0 Å². The van der Waals surface area contributed by atoms with Crippen molar-refractivity contribution in [3.63, 3.8) is 0 Å². The first-order chi connectivity index (χ1) is 5.61. The summed E-state index contributed by atoms with van der Waals surface area (Å²) in [5, 5.41) is 14.9. The minimum atomic E-state index is -0.934. The predicted octanol–water partition coefficient (Wildman–Crippen LogP) is 1.66. The Balaban J connectivity index is 2.95. The molecule has 0 aliphatic rings. The van der Waals surface area contributed by atoms with E-state index in [0.29, 0.717) is 5.69 Å². The minimum absolute atomic E-state index is 0.264. The first kappa shape index (κ1) is 8.99. The normalized spacial score (nSPS) is 11.7. The Labute approximate surface area is 77.4 Å². The van der Waals surface area contributed by atoms with Crippen molar-refractivity contribution in [2.75, 3.05) is 0 Å². The molecule has 0 spiro atoms. The molecule has 1 heterocycles. The molecule has 0 unspecified atom stereocenters. The molecule has 0 saturated heterocycles. The van der Waals surface area contributed by atoms with Crippen molar-refractivity contribution in [1.29, 1.82) is 0 Å². The van der Waals surface area contributed by atoms with E-state index in [2.05, 4.69) is 26.1 Å². The Kier molecular flexibility index (Phi) is 2.65. The predicted molar refractivity (Wildman–Crippen MR) is 47.6 cm³/mol. The quantitative estimate of drug-likeness (QED) is 0.760. The number of halogens is 1. The van der Waals surface area contributed by atoms with E-state index >= 15 is 0 Å². The lowest BCUT2D eigenvalue weighted by Gasteiger charge is -1.91. The van der Waals surface area contributed by atoms with Gasteiger partial charge >= 0.3 is 5.97 Å². The van der Waals surface area contributed by atoms with Crippen molar-refractivity contribution in [3.05, 3.63) is 21.9 Å². The number of aromatic nitrogens is 2. The van der Waals surface area contributed by atoms with Crippen molar-refractivity contribution in [2.24, 2.45) is 0 Å². The highest BCUT2D eigenvalue weighted by Gasteiger charge is 2.03. The highest BCUT2D eigenvalue weighted by atomic mass is 79.9. The highest BCUT2D eigenvalue weighted by Crippen LogP contribution is 2.15. The summed E-state index contributed by atoms with van der Waals surface area (Å²) in [6.45, 7) is 1.52. The average Bonchev–Trinajstić information content (AvgIpc) is 2.36. The van der Waals surface area contributed by atoms with Crippen LogP contribution in [0.2, 0.25) is 0 Å². The largest absolute Gasteiger partial charge is 0.478 e. The third-order valence-corrected chi connectivity index (χ3v) is 1.95. The molecule has 5 heteroatoms. The lowest BCUT2D eigenvalue weighted by molar-refractivity contribution is -0.132. The van der Waals surface area contributed by atoms with Crippen LogP contribution in [0.4, 0.5) is 0 Å². The van der Waals surface area contributed by atoms with Crippen LogP contribution < -0.4 is 0 Å². The van der Waals surface area contributed by atoms with Crippen molar-refractivity contribution >= 4 is 28.0 Å². The maximum atomic E-state index is 10.4. The van der Waals surface area contributed by atoms with E-state index < -0.39 is 5.97 Å². The van der Waals surface area contributed by atoms with Gasteiger partial charge in [-0.3, -0.25) is 5.10 Å². The number of carboxylic acids is 1. The fraction of sp³-hybridized carbons (Fsp3) is 0.143. The summed E-state index contributed by atoms with van der Waals surface area (Å²) in [7, 11) is 0. The number of aromatic amines is 1. The fourth-order valence-electron chi connectivity index (χ4n) is 0.661. The number of aliphatic carboxylic acids is 1. The fourth-order valence-corrected chi connectivity index (χ4v) is 0.966. The molecule has 1 rings (SSSR count). The molecule has 0 atom stereocenters. The van der Waals surface area contributed by atoms with Gasteiger partial charge in [0.1, 0.15) is 0 Å². The van der Waals surface area contributed by atoms with Gasteiger partial charge in [-0.1, -0.05) is 0 Å². The second-order valence-electron chi connectivity index (χ2n) is 2.26. The molecule has 12 heavy (non-hydrogen) atoms. The Morgan fingerprint density at radius 1 is 1.83 bits per heavy atom. The van der Waals surface area contributed by atoms with Gasteiger partial charge in [-0.15, -0.1) is 0 Å². The lowest BCUT2D eigenvalue weighted by atomic mass is 10.2. The Morgan fingerprint density at radius 3 is 2.92 bits per heavy atom. The molecule has 0 saturated carbocycles. The minimum Gasteiger partial charge on any atom is -0.478 e. The molecular formula is C7H7BrN2O2. The van der Waals surface area contributed by atoms with E-state index in [4.69, 9.17) is 5.11 Å². The van der Waals surface area contributed by atoms with Crippen LogP contribution >= 0.6 is 15.9 Å². The van der Waals surface area contributed by atoms with Crippen LogP contribution in [-0.2, 0) is 4.79 Å². The zero-order valence-corrected chi connectivity index (χ0v) is 7.92. The molecule has 0 fully saturated rings. The van der Waals surface area contributed by atoms with Gasteiger partial charge in [-0.05, 0) is 28.9 Å². The molecule has 2 N–H and O–H groups in total. The van der Waals surface area contributed by atoms with Crippen molar-refractivity contribution in [2.45, 2.75) is 6.92 Å². The van der Waals surface area contributed by atoms with E-state index in [1.807, 2.05) is 0 Å². The number of H-pyrrole nitrogens is 1. The van der Waals surface area contributed by atoms with Gasteiger partial charge in [0.05, 0.1) is 16.4 Å². The summed E-state index contributed by atoms with van der Waals surface area (Å²) >= 11 is 3.21. The summed E-state index contributed by atoms with van der Waals surface area (Å²) in [6, 6.07) is 0. The summed E-state index contributed by atoms with van der Waals surface area (Å²) in [5.74, 6) is -0.934. The molecule has 0 aromatic carbocycles. The van der Waals surface area contributed by atoms with Crippen LogP contribution in [0.15, 0.2) is 16.2 Å². The van der Waals surface area contributed by atoms with E-state index in [-0.39, 0.29) is 5.57 Å². The average molecular weight is 231 g/mol. The van der Waals surface area contributed by atoms with Crippen LogP contribution in [0, 0.1) is 0 Å². The topological polar surface area (TPSA) is 66.0 Å². The van der Waals surface area contributed by atoms with Crippen LogP contribution in [0.5, 0.6) is 0 Å². The molecular weight excluding hydrogens is 224 g/mol. The summed E-state index contributed by atoms with van der Waals surface area (Å²) in [6.07, 6.45) is 3.08. The van der Waals surface area contributed by atoms with E-state index in [1.54, 1.807) is 6.20 Å². The van der Waals surface area contributed by atoms with E-state index in [0.717, 1.165) is 4.47 Å². The number of nitrogens with one attached hydrogen (secondary N) is 1.